The summed E-state index contributed by atoms with van der Waals surface area (Å²) >= 11 is 5.67. The molecule has 31 heavy (non-hydrogen) atoms. The van der Waals surface area contributed by atoms with Gasteiger partial charge in [-0.2, -0.15) is 9.97 Å². The molecule has 0 bridgehead atoms. The van der Waals surface area contributed by atoms with Crippen LogP contribution in [-0.2, 0) is 0 Å². The van der Waals surface area contributed by atoms with Gasteiger partial charge in [0.25, 0.3) is 0 Å². The van der Waals surface area contributed by atoms with Crippen molar-refractivity contribution in [2.75, 3.05) is 41.3 Å². The number of nitrogens with zero attached hydrogens (tertiary/aromatic N) is 4. The van der Waals surface area contributed by atoms with Crippen molar-refractivity contribution in [2.45, 2.75) is 84.1 Å². The summed E-state index contributed by atoms with van der Waals surface area (Å²) in [6.07, 6.45) is 12.7. The Bertz CT molecular complexity index is 717. The summed E-state index contributed by atoms with van der Waals surface area (Å²) in [5, 5.41) is 7.53. The molecule has 3 aliphatic rings. The van der Waals surface area contributed by atoms with Crippen molar-refractivity contribution in [1.82, 2.24) is 15.3 Å². The summed E-state index contributed by atoms with van der Waals surface area (Å²) in [5.74, 6) is 4.08. The van der Waals surface area contributed by atoms with Crippen molar-refractivity contribution in [3.05, 3.63) is 6.07 Å². The van der Waals surface area contributed by atoms with Gasteiger partial charge in [0.2, 0.25) is 5.95 Å². The van der Waals surface area contributed by atoms with Crippen molar-refractivity contribution < 1.29 is 0 Å². The van der Waals surface area contributed by atoms with Gasteiger partial charge in [-0.1, -0.05) is 39.5 Å². The topological polar surface area (TPSA) is 56.3 Å². The van der Waals surface area contributed by atoms with Crippen LogP contribution in [0.15, 0.2) is 6.07 Å². The Hall–Kier alpha value is -1.63. The third-order valence-corrected chi connectivity index (χ3v) is 7.21. The number of hydrogen-bond acceptors (Lipinski definition) is 5. The second-order valence-corrected chi connectivity index (χ2v) is 10.5. The second kappa shape index (κ2) is 10.8. The maximum atomic E-state index is 5.67. The third-order valence-electron chi connectivity index (χ3n) is 6.99. The minimum Gasteiger partial charge on any atom is -0.360 e. The van der Waals surface area contributed by atoms with Crippen molar-refractivity contribution in [1.29, 1.82) is 0 Å². The fourth-order valence-electron chi connectivity index (χ4n) is 5.52. The van der Waals surface area contributed by atoms with E-state index in [1.807, 2.05) is 0 Å². The van der Waals surface area contributed by atoms with Crippen LogP contribution in [-0.4, -0.2) is 47.3 Å². The normalized spacial score (nSPS) is 25.7. The van der Waals surface area contributed by atoms with Crippen molar-refractivity contribution >= 4 is 34.9 Å². The van der Waals surface area contributed by atoms with Crippen LogP contribution in [0.3, 0.4) is 0 Å². The molecule has 0 radical (unpaired) electrons. The predicted molar refractivity (Wildman–Crippen MR) is 134 cm³/mol. The molecular formula is C24H40N6S. The average molecular weight is 445 g/mol. The standard InChI is InChI=1S/C24H40N6S/c1-18-14-19(2)17-30(16-18)22-15-21(29-12-8-5-9-13-29)26-23(27-22)28-24(31)25-20-10-6-3-4-7-11-20/h15,18-20H,3-14,16-17H2,1-2H3,(H2,25,26,27,28,31)/t18-,19+. The Morgan fingerprint density at radius 2 is 1.45 bits per heavy atom. The average Bonchev–Trinajstić information content (AvgIpc) is 3.02. The zero-order chi connectivity index (χ0) is 21.6. The number of anilines is 3. The van der Waals surface area contributed by atoms with Gasteiger partial charge in [0.05, 0.1) is 0 Å². The van der Waals surface area contributed by atoms with Gasteiger partial charge in [0.1, 0.15) is 11.6 Å². The number of nitrogens with one attached hydrogen (secondary N) is 2. The molecule has 2 saturated heterocycles. The Kier molecular flexibility index (Phi) is 7.86. The summed E-state index contributed by atoms with van der Waals surface area (Å²) < 4.78 is 0. The molecule has 0 aromatic carbocycles. The number of rotatable bonds is 4. The second-order valence-electron chi connectivity index (χ2n) is 10.1. The lowest BCUT2D eigenvalue weighted by atomic mass is 9.92. The molecule has 0 spiro atoms. The third kappa shape index (κ3) is 6.43. The van der Waals surface area contributed by atoms with E-state index in [-0.39, 0.29) is 0 Å². The molecule has 4 rings (SSSR count). The van der Waals surface area contributed by atoms with Crippen LogP contribution in [0.4, 0.5) is 17.6 Å². The van der Waals surface area contributed by atoms with Gasteiger partial charge in [0.15, 0.2) is 5.11 Å². The monoisotopic (exact) mass is 444 g/mol. The minimum atomic E-state index is 0.469. The Balaban J connectivity index is 1.51. The lowest BCUT2D eigenvalue weighted by Crippen LogP contribution is -2.40. The number of thiocarbonyl (C=S) groups is 1. The highest BCUT2D eigenvalue weighted by Crippen LogP contribution is 2.29. The molecule has 2 atom stereocenters. The Morgan fingerprint density at radius 1 is 0.871 bits per heavy atom. The van der Waals surface area contributed by atoms with E-state index in [9.17, 15) is 0 Å². The van der Waals surface area contributed by atoms with Crippen molar-refractivity contribution in [3.8, 4) is 0 Å². The largest absolute Gasteiger partial charge is 0.360 e. The lowest BCUT2D eigenvalue weighted by molar-refractivity contribution is 0.355. The van der Waals surface area contributed by atoms with Gasteiger partial charge >= 0.3 is 0 Å². The molecule has 7 heteroatoms. The van der Waals surface area contributed by atoms with Crippen molar-refractivity contribution in [3.63, 3.8) is 0 Å². The first-order chi connectivity index (χ1) is 15.1. The molecule has 2 aliphatic heterocycles. The lowest BCUT2D eigenvalue weighted by Gasteiger charge is -2.36. The smallest absolute Gasteiger partial charge is 0.232 e. The number of piperidine rings is 2. The van der Waals surface area contributed by atoms with E-state index < -0.39 is 0 Å². The summed E-state index contributed by atoms with van der Waals surface area (Å²) in [4.78, 5) is 14.7. The highest BCUT2D eigenvalue weighted by atomic mass is 32.1. The number of hydrogen-bond donors (Lipinski definition) is 2. The summed E-state index contributed by atoms with van der Waals surface area (Å²) in [7, 11) is 0. The molecule has 3 fully saturated rings. The van der Waals surface area contributed by atoms with Crippen LogP contribution < -0.4 is 20.4 Å². The minimum absolute atomic E-state index is 0.469. The molecule has 172 valence electrons. The number of aromatic nitrogens is 2. The van der Waals surface area contributed by atoms with E-state index in [0.29, 0.717) is 28.9 Å². The van der Waals surface area contributed by atoms with Gasteiger partial charge < -0.3 is 20.4 Å². The van der Waals surface area contributed by atoms with E-state index in [4.69, 9.17) is 22.2 Å². The summed E-state index contributed by atoms with van der Waals surface area (Å²) in [6, 6.07) is 2.67. The fourth-order valence-corrected chi connectivity index (χ4v) is 5.78. The van der Waals surface area contributed by atoms with E-state index in [1.54, 1.807) is 0 Å². The highest BCUT2D eigenvalue weighted by molar-refractivity contribution is 7.80. The van der Waals surface area contributed by atoms with E-state index in [1.165, 1.54) is 64.2 Å². The fraction of sp³-hybridized carbons (Fsp3) is 0.792. The van der Waals surface area contributed by atoms with Gasteiger partial charge in [0, 0.05) is 38.3 Å². The summed E-state index contributed by atoms with van der Waals surface area (Å²) in [5.41, 5.74) is 0. The first-order valence-electron chi connectivity index (χ1n) is 12.5. The molecule has 6 nitrogen and oxygen atoms in total. The van der Waals surface area contributed by atoms with Crippen LogP contribution in [0.5, 0.6) is 0 Å². The first kappa shape index (κ1) is 22.6. The molecule has 1 aromatic heterocycles. The molecule has 1 saturated carbocycles. The van der Waals surface area contributed by atoms with Crippen molar-refractivity contribution in [2.24, 2.45) is 11.8 Å². The molecule has 1 aliphatic carbocycles. The molecule has 0 unspecified atom stereocenters. The van der Waals surface area contributed by atoms with Crippen LogP contribution in [0, 0.1) is 11.8 Å². The Labute approximate surface area is 193 Å². The van der Waals surface area contributed by atoms with E-state index >= 15 is 0 Å². The molecule has 1 aromatic rings. The highest BCUT2D eigenvalue weighted by Gasteiger charge is 2.25. The van der Waals surface area contributed by atoms with Crippen LogP contribution in [0.25, 0.3) is 0 Å². The first-order valence-corrected chi connectivity index (χ1v) is 12.9. The quantitative estimate of drug-likeness (QED) is 0.503. The van der Waals surface area contributed by atoms with Gasteiger partial charge in [-0.25, -0.2) is 0 Å². The van der Waals surface area contributed by atoms with E-state index in [2.05, 4.69) is 40.3 Å². The molecule has 3 heterocycles. The molecular weight excluding hydrogens is 404 g/mol. The van der Waals surface area contributed by atoms with Crippen LogP contribution in [0.2, 0.25) is 0 Å². The Morgan fingerprint density at radius 3 is 2.10 bits per heavy atom. The van der Waals surface area contributed by atoms with Crippen LogP contribution >= 0.6 is 12.2 Å². The van der Waals surface area contributed by atoms with Crippen LogP contribution in [0.1, 0.15) is 78.1 Å². The SMILES string of the molecule is C[C@@H]1C[C@H](C)CN(c2cc(N3CCCCC3)nc(NC(=S)NC3CCCCCC3)n2)C1. The van der Waals surface area contributed by atoms with Gasteiger partial charge in [-0.3, -0.25) is 0 Å². The van der Waals surface area contributed by atoms with Gasteiger partial charge in [-0.05, 0) is 62.6 Å². The van der Waals surface area contributed by atoms with Gasteiger partial charge in [-0.15, -0.1) is 0 Å². The molecule has 2 N–H and O–H groups in total. The molecule has 0 amide bonds. The zero-order valence-corrected chi connectivity index (χ0v) is 20.2. The van der Waals surface area contributed by atoms with E-state index in [0.717, 1.165) is 37.8 Å². The maximum absolute atomic E-state index is 5.67. The predicted octanol–water partition coefficient (Wildman–Crippen LogP) is 4.96. The zero-order valence-electron chi connectivity index (χ0n) is 19.4. The maximum Gasteiger partial charge on any atom is 0.232 e. The summed E-state index contributed by atoms with van der Waals surface area (Å²) in [6.45, 7) is 8.97.